The Morgan fingerprint density at radius 2 is 1.88 bits per heavy atom. The molecule has 1 aromatic rings. The molecule has 0 radical (unpaired) electrons. The highest BCUT2D eigenvalue weighted by atomic mass is 79.9. The Hall–Kier alpha value is -0.910. The second-order valence-corrected chi connectivity index (χ2v) is 4.99. The van der Waals surface area contributed by atoms with Crippen molar-refractivity contribution in [3.63, 3.8) is 0 Å². The number of hydrogen-bond donors (Lipinski definition) is 2. The number of nitrogens with one attached hydrogen (secondary N) is 1. The Bertz CT molecular complexity index is 388. The summed E-state index contributed by atoms with van der Waals surface area (Å²) >= 11 is 3.36. The summed E-state index contributed by atoms with van der Waals surface area (Å²) in [6, 6.07) is 6.96. The Kier molecular flexibility index (Phi) is 4.15. The molecule has 1 unspecified atom stereocenters. The molecular weight excluding hydrogens is 284 g/mol. The lowest BCUT2D eigenvalue weighted by molar-refractivity contribution is -0.143. The molecule has 2 N–H and O–H groups in total. The van der Waals surface area contributed by atoms with Gasteiger partial charge in [-0.25, -0.2) is 0 Å². The van der Waals surface area contributed by atoms with E-state index in [0.29, 0.717) is 0 Å². The van der Waals surface area contributed by atoms with Gasteiger partial charge in [0.05, 0.1) is 0 Å². The van der Waals surface area contributed by atoms with Gasteiger partial charge in [0, 0.05) is 30.7 Å². The molecule has 0 spiro atoms. The molecule has 1 aliphatic rings. The molecule has 1 aromatic carbocycles. The first-order valence-electron chi connectivity index (χ1n) is 5.61. The lowest BCUT2D eigenvalue weighted by atomic mass is 10.0. The molecular formula is C12H15BrN2O2. The van der Waals surface area contributed by atoms with Crippen LogP contribution in [0, 0.1) is 0 Å². The van der Waals surface area contributed by atoms with Crippen molar-refractivity contribution in [1.82, 2.24) is 10.2 Å². The van der Waals surface area contributed by atoms with Crippen LogP contribution in [0.5, 0.6) is 0 Å². The van der Waals surface area contributed by atoms with E-state index in [0.717, 1.165) is 36.2 Å². The van der Waals surface area contributed by atoms with E-state index < -0.39 is 12.0 Å². The molecule has 5 heteroatoms. The number of carbonyl (C=O) groups is 1. The highest BCUT2D eigenvalue weighted by Crippen LogP contribution is 2.23. The largest absolute Gasteiger partial charge is 0.480 e. The average molecular weight is 299 g/mol. The minimum Gasteiger partial charge on any atom is -0.480 e. The second-order valence-electron chi connectivity index (χ2n) is 4.08. The summed E-state index contributed by atoms with van der Waals surface area (Å²) in [4.78, 5) is 13.4. The summed E-state index contributed by atoms with van der Waals surface area (Å²) in [5.41, 5.74) is 0.836. The van der Waals surface area contributed by atoms with E-state index >= 15 is 0 Å². The number of halogens is 1. The van der Waals surface area contributed by atoms with Crippen molar-refractivity contribution in [2.24, 2.45) is 0 Å². The van der Waals surface area contributed by atoms with Gasteiger partial charge in [0.2, 0.25) is 0 Å². The minimum atomic E-state index is -0.783. The van der Waals surface area contributed by atoms with Crippen LogP contribution in [0.15, 0.2) is 28.7 Å². The van der Waals surface area contributed by atoms with Crippen LogP contribution in [0.1, 0.15) is 11.6 Å². The van der Waals surface area contributed by atoms with E-state index in [1.807, 2.05) is 29.2 Å². The van der Waals surface area contributed by atoms with Gasteiger partial charge in [-0.1, -0.05) is 28.1 Å². The van der Waals surface area contributed by atoms with Gasteiger partial charge in [-0.15, -0.1) is 0 Å². The fraction of sp³-hybridized carbons (Fsp3) is 0.417. The van der Waals surface area contributed by atoms with E-state index in [1.165, 1.54) is 0 Å². The quantitative estimate of drug-likeness (QED) is 0.888. The maximum atomic E-state index is 11.4. The van der Waals surface area contributed by atoms with E-state index in [1.54, 1.807) is 0 Å². The summed E-state index contributed by atoms with van der Waals surface area (Å²) in [5, 5.41) is 12.6. The number of carboxylic acid groups (broad SMARTS) is 1. The summed E-state index contributed by atoms with van der Waals surface area (Å²) in [6.45, 7) is 3.24. The monoisotopic (exact) mass is 298 g/mol. The smallest absolute Gasteiger partial charge is 0.325 e. The van der Waals surface area contributed by atoms with Crippen molar-refractivity contribution in [3.05, 3.63) is 34.3 Å². The van der Waals surface area contributed by atoms with Gasteiger partial charge < -0.3 is 10.4 Å². The number of aliphatic carboxylic acids is 1. The molecule has 0 bridgehead atoms. The SMILES string of the molecule is O=C(O)C(c1ccc(Br)cc1)N1CCNCC1. The maximum absolute atomic E-state index is 11.4. The van der Waals surface area contributed by atoms with Gasteiger partial charge in [0.1, 0.15) is 6.04 Å². The molecule has 0 amide bonds. The molecule has 0 saturated carbocycles. The third-order valence-corrected chi connectivity index (χ3v) is 3.47. The molecule has 2 rings (SSSR count). The van der Waals surface area contributed by atoms with Crippen molar-refractivity contribution in [2.75, 3.05) is 26.2 Å². The number of benzene rings is 1. The zero-order valence-corrected chi connectivity index (χ0v) is 11.0. The number of nitrogens with zero attached hydrogens (tertiary/aromatic N) is 1. The Morgan fingerprint density at radius 1 is 1.29 bits per heavy atom. The van der Waals surface area contributed by atoms with Crippen LogP contribution in [0.3, 0.4) is 0 Å². The molecule has 1 atom stereocenters. The van der Waals surface area contributed by atoms with Crippen molar-refractivity contribution in [2.45, 2.75) is 6.04 Å². The summed E-state index contributed by atoms with van der Waals surface area (Å²) in [7, 11) is 0. The maximum Gasteiger partial charge on any atom is 0.325 e. The summed E-state index contributed by atoms with van der Waals surface area (Å²) in [5.74, 6) is -0.783. The topological polar surface area (TPSA) is 52.6 Å². The zero-order valence-electron chi connectivity index (χ0n) is 9.40. The van der Waals surface area contributed by atoms with Crippen LogP contribution < -0.4 is 5.32 Å². The zero-order chi connectivity index (χ0) is 12.3. The normalized spacial score (nSPS) is 18.9. The lowest BCUT2D eigenvalue weighted by Gasteiger charge is -2.32. The molecule has 92 valence electrons. The molecule has 17 heavy (non-hydrogen) atoms. The van der Waals surface area contributed by atoms with E-state index in [-0.39, 0.29) is 0 Å². The van der Waals surface area contributed by atoms with E-state index in [2.05, 4.69) is 21.2 Å². The lowest BCUT2D eigenvalue weighted by Crippen LogP contribution is -2.47. The van der Waals surface area contributed by atoms with Gasteiger partial charge in [-0.2, -0.15) is 0 Å². The molecule has 1 heterocycles. The Labute approximate surface area is 109 Å². The minimum absolute atomic E-state index is 0.537. The molecule has 0 aromatic heterocycles. The van der Waals surface area contributed by atoms with Crippen molar-refractivity contribution in [3.8, 4) is 0 Å². The first-order valence-corrected chi connectivity index (χ1v) is 6.41. The van der Waals surface area contributed by atoms with E-state index in [9.17, 15) is 9.90 Å². The highest BCUT2D eigenvalue weighted by molar-refractivity contribution is 9.10. The fourth-order valence-corrected chi connectivity index (χ4v) is 2.36. The number of piperazine rings is 1. The standard InChI is InChI=1S/C12H15BrN2O2/c13-10-3-1-9(2-4-10)11(12(16)17)15-7-5-14-6-8-15/h1-4,11,14H,5-8H2,(H,16,17). The first-order chi connectivity index (χ1) is 8.18. The van der Waals surface area contributed by atoms with Gasteiger partial charge in [-0.05, 0) is 17.7 Å². The molecule has 1 saturated heterocycles. The van der Waals surface area contributed by atoms with Crippen LogP contribution in [0.4, 0.5) is 0 Å². The summed E-state index contributed by atoms with van der Waals surface area (Å²) < 4.78 is 0.964. The number of hydrogen-bond acceptors (Lipinski definition) is 3. The number of rotatable bonds is 3. The Balaban J connectivity index is 2.21. The molecule has 4 nitrogen and oxygen atoms in total. The van der Waals surface area contributed by atoms with Gasteiger partial charge in [0.25, 0.3) is 0 Å². The van der Waals surface area contributed by atoms with Crippen LogP contribution in [-0.2, 0) is 4.79 Å². The van der Waals surface area contributed by atoms with Crippen molar-refractivity contribution < 1.29 is 9.90 Å². The molecule has 1 fully saturated rings. The van der Waals surface area contributed by atoms with Crippen LogP contribution in [0.2, 0.25) is 0 Å². The van der Waals surface area contributed by atoms with E-state index in [4.69, 9.17) is 0 Å². The molecule has 1 aliphatic heterocycles. The second kappa shape index (κ2) is 5.62. The third kappa shape index (κ3) is 3.06. The summed E-state index contributed by atoms with van der Waals surface area (Å²) in [6.07, 6.45) is 0. The van der Waals surface area contributed by atoms with Gasteiger partial charge >= 0.3 is 5.97 Å². The predicted molar refractivity (Wildman–Crippen MR) is 69.0 cm³/mol. The van der Waals surface area contributed by atoms with Gasteiger partial charge in [-0.3, -0.25) is 9.69 Å². The fourth-order valence-electron chi connectivity index (χ4n) is 2.09. The van der Waals surface area contributed by atoms with Crippen LogP contribution in [-0.4, -0.2) is 42.2 Å². The third-order valence-electron chi connectivity index (χ3n) is 2.94. The number of carboxylic acids is 1. The predicted octanol–water partition coefficient (Wildman–Crippen LogP) is 1.48. The van der Waals surface area contributed by atoms with Crippen molar-refractivity contribution in [1.29, 1.82) is 0 Å². The Morgan fingerprint density at radius 3 is 2.41 bits per heavy atom. The highest BCUT2D eigenvalue weighted by Gasteiger charge is 2.28. The van der Waals surface area contributed by atoms with Crippen LogP contribution in [0.25, 0.3) is 0 Å². The first kappa shape index (κ1) is 12.5. The van der Waals surface area contributed by atoms with Gasteiger partial charge in [0.15, 0.2) is 0 Å². The molecule has 0 aliphatic carbocycles. The van der Waals surface area contributed by atoms with Crippen molar-refractivity contribution >= 4 is 21.9 Å². The van der Waals surface area contributed by atoms with Crippen LogP contribution >= 0.6 is 15.9 Å². The average Bonchev–Trinajstić information content (AvgIpc) is 2.33.